The Morgan fingerprint density at radius 2 is 1.33 bits per heavy atom. The van der Waals surface area contributed by atoms with Crippen molar-refractivity contribution in [2.24, 2.45) is 0 Å². The molecular weight excluding hydrogens is 472 g/mol. The van der Waals surface area contributed by atoms with E-state index in [-0.39, 0.29) is 12.0 Å². The SMILES string of the molecule is C=CC1Nc2c(ccc3c4ccccc4n(-c4cc(-c5ccccc5)cc(-c5ccccc5)c4)c23)C1/C=C\C. The van der Waals surface area contributed by atoms with E-state index in [1.165, 1.54) is 55.3 Å². The number of nitrogens with zero attached hydrogens (tertiary/aromatic N) is 1. The second kappa shape index (κ2) is 9.49. The molecule has 2 atom stereocenters. The number of anilines is 1. The molecule has 1 aliphatic heterocycles. The highest BCUT2D eigenvalue weighted by Crippen LogP contribution is 2.46. The third kappa shape index (κ3) is 3.80. The molecule has 2 nitrogen and oxygen atoms in total. The Morgan fingerprint density at radius 1 is 0.692 bits per heavy atom. The number of hydrogen-bond acceptors (Lipinski definition) is 1. The highest BCUT2D eigenvalue weighted by Gasteiger charge is 2.31. The summed E-state index contributed by atoms with van der Waals surface area (Å²) in [7, 11) is 0. The standard InChI is InChI=1S/C37H30N2/c1-3-13-30-32-20-21-33-31-18-11-12-19-35(31)39(37(33)36(32)38-34(30)4-2)29-23-27(25-14-7-5-8-15-25)22-28(24-29)26-16-9-6-10-17-26/h3-24,30,34,38H,2H2,1H3/b13-3-. The van der Waals surface area contributed by atoms with E-state index in [0.29, 0.717) is 0 Å². The van der Waals surface area contributed by atoms with Crippen LogP contribution in [-0.2, 0) is 0 Å². The number of rotatable bonds is 5. The van der Waals surface area contributed by atoms with Crippen LogP contribution >= 0.6 is 0 Å². The summed E-state index contributed by atoms with van der Waals surface area (Å²) in [5.74, 6) is 0.258. The third-order valence-electron chi connectivity index (χ3n) is 7.97. The van der Waals surface area contributed by atoms with Crippen molar-refractivity contribution in [3.63, 3.8) is 0 Å². The highest BCUT2D eigenvalue weighted by atomic mass is 15.0. The largest absolute Gasteiger partial charge is 0.376 e. The lowest BCUT2D eigenvalue weighted by Crippen LogP contribution is -2.15. The number of nitrogens with one attached hydrogen (secondary N) is 1. The number of aromatic nitrogens is 1. The van der Waals surface area contributed by atoms with Crippen molar-refractivity contribution in [2.75, 3.05) is 5.32 Å². The second-order valence-electron chi connectivity index (χ2n) is 10.2. The Hall–Kier alpha value is -4.82. The molecule has 0 aliphatic carbocycles. The maximum absolute atomic E-state index is 4.15. The zero-order valence-electron chi connectivity index (χ0n) is 22.0. The summed E-state index contributed by atoms with van der Waals surface area (Å²) in [6, 6.07) is 41.8. The summed E-state index contributed by atoms with van der Waals surface area (Å²) in [6.07, 6.45) is 6.47. The van der Waals surface area contributed by atoms with Crippen LogP contribution in [0.4, 0.5) is 5.69 Å². The molecule has 1 aliphatic rings. The van der Waals surface area contributed by atoms with Gasteiger partial charge in [-0.3, -0.25) is 0 Å². The summed E-state index contributed by atoms with van der Waals surface area (Å²) in [5.41, 5.74) is 10.9. The van der Waals surface area contributed by atoms with Gasteiger partial charge < -0.3 is 9.88 Å². The quantitative estimate of drug-likeness (QED) is 0.232. The molecule has 0 fully saturated rings. The first-order chi connectivity index (χ1) is 19.3. The summed E-state index contributed by atoms with van der Waals surface area (Å²) in [6.45, 7) is 6.24. The van der Waals surface area contributed by atoms with Crippen LogP contribution in [0.1, 0.15) is 18.4 Å². The molecule has 0 radical (unpaired) electrons. The van der Waals surface area contributed by atoms with Gasteiger partial charge in [0, 0.05) is 22.4 Å². The lowest BCUT2D eigenvalue weighted by atomic mass is 9.94. The van der Waals surface area contributed by atoms with Crippen molar-refractivity contribution >= 4 is 27.5 Å². The fourth-order valence-corrected chi connectivity index (χ4v) is 6.19. The highest BCUT2D eigenvalue weighted by molar-refractivity contribution is 6.14. The van der Waals surface area contributed by atoms with E-state index in [1.807, 2.05) is 6.08 Å². The van der Waals surface area contributed by atoms with Crippen LogP contribution < -0.4 is 5.32 Å². The van der Waals surface area contributed by atoms with Crippen molar-refractivity contribution in [3.8, 4) is 27.9 Å². The van der Waals surface area contributed by atoms with E-state index in [0.717, 1.165) is 5.69 Å². The van der Waals surface area contributed by atoms with Crippen LogP contribution in [0.5, 0.6) is 0 Å². The van der Waals surface area contributed by atoms with Crippen LogP contribution in [0.15, 0.2) is 140 Å². The van der Waals surface area contributed by atoms with E-state index in [2.05, 4.69) is 151 Å². The summed E-state index contributed by atoms with van der Waals surface area (Å²) < 4.78 is 2.45. The zero-order chi connectivity index (χ0) is 26.3. The average Bonchev–Trinajstić information content (AvgIpc) is 3.53. The van der Waals surface area contributed by atoms with Gasteiger partial charge in [-0.2, -0.15) is 0 Å². The molecule has 0 saturated carbocycles. The molecule has 0 spiro atoms. The van der Waals surface area contributed by atoms with Gasteiger partial charge in [-0.05, 0) is 59.0 Å². The van der Waals surface area contributed by atoms with Gasteiger partial charge in [-0.1, -0.05) is 109 Å². The molecule has 2 unspecified atom stereocenters. The first-order valence-electron chi connectivity index (χ1n) is 13.6. The van der Waals surface area contributed by atoms with E-state index in [1.54, 1.807) is 0 Å². The van der Waals surface area contributed by atoms with Crippen LogP contribution in [0.25, 0.3) is 49.7 Å². The molecule has 0 amide bonds. The predicted molar refractivity (Wildman–Crippen MR) is 167 cm³/mol. The van der Waals surface area contributed by atoms with Gasteiger partial charge in [0.05, 0.1) is 22.8 Å². The van der Waals surface area contributed by atoms with Crippen molar-refractivity contribution in [1.29, 1.82) is 0 Å². The molecule has 2 heterocycles. The number of benzene rings is 5. The van der Waals surface area contributed by atoms with E-state index >= 15 is 0 Å². The second-order valence-corrected chi connectivity index (χ2v) is 10.2. The summed E-state index contributed by atoms with van der Waals surface area (Å²) in [5, 5.41) is 6.35. The van der Waals surface area contributed by atoms with E-state index < -0.39 is 0 Å². The van der Waals surface area contributed by atoms with Crippen molar-refractivity contribution in [3.05, 3.63) is 146 Å². The predicted octanol–water partition coefficient (Wildman–Crippen LogP) is 9.76. The molecule has 2 heteroatoms. The minimum absolute atomic E-state index is 0.156. The van der Waals surface area contributed by atoms with Gasteiger partial charge in [0.1, 0.15) is 0 Å². The van der Waals surface area contributed by atoms with Crippen molar-refractivity contribution in [1.82, 2.24) is 4.57 Å². The van der Waals surface area contributed by atoms with Crippen molar-refractivity contribution in [2.45, 2.75) is 18.9 Å². The minimum Gasteiger partial charge on any atom is -0.376 e. The molecule has 1 aromatic heterocycles. The Kier molecular flexibility index (Phi) is 5.67. The van der Waals surface area contributed by atoms with Crippen LogP contribution in [-0.4, -0.2) is 10.6 Å². The number of para-hydroxylation sites is 1. The van der Waals surface area contributed by atoms with Gasteiger partial charge in [-0.25, -0.2) is 0 Å². The molecule has 0 saturated heterocycles. The summed E-state index contributed by atoms with van der Waals surface area (Å²) in [4.78, 5) is 0. The molecule has 188 valence electrons. The average molecular weight is 503 g/mol. The molecule has 1 N–H and O–H groups in total. The fourth-order valence-electron chi connectivity index (χ4n) is 6.19. The summed E-state index contributed by atoms with van der Waals surface area (Å²) >= 11 is 0. The zero-order valence-corrected chi connectivity index (χ0v) is 22.0. The molecule has 39 heavy (non-hydrogen) atoms. The maximum atomic E-state index is 4.15. The Labute approximate surface area is 229 Å². The Bertz CT molecular complexity index is 1800. The van der Waals surface area contributed by atoms with Gasteiger partial charge in [0.25, 0.3) is 0 Å². The van der Waals surface area contributed by atoms with Crippen LogP contribution in [0, 0.1) is 0 Å². The first-order valence-corrected chi connectivity index (χ1v) is 13.6. The van der Waals surface area contributed by atoms with Gasteiger partial charge in [0.15, 0.2) is 0 Å². The first kappa shape index (κ1) is 23.3. The fraction of sp³-hybridized carbons (Fsp3) is 0.0811. The maximum Gasteiger partial charge on any atom is 0.0776 e. The topological polar surface area (TPSA) is 17.0 Å². The third-order valence-corrected chi connectivity index (χ3v) is 7.97. The Morgan fingerprint density at radius 3 is 1.97 bits per heavy atom. The smallest absolute Gasteiger partial charge is 0.0776 e. The molecule has 5 aromatic carbocycles. The number of fused-ring (bicyclic) bond motifs is 5. The number of hydrogen-bond donors (Lipinski definition) is 1. The molecular formula is C37H30N2. The van der Waals surface area contributed by atoms with E-state index in [9.17, 15) is 0 Å². The molecule has 6 aromatic rings. The van der Waals surface area contributed by atoms with Gasteiger partial charge in [0.2, 0.25) is 0 Å². The van der Waals surface area contributed by atoms with Gasteiger partial charge >= 0.3 is 0 Å². The van der Waals surface area contributed by atoms with Crippen LogP contribution in [0.3, 0.4) is 0 Å². The lowest BCUT2D eigenvalue weighted by Gasteiger charge is -2.15. The molecule has 0 bridgehead atoms. The molecule has 7 rings (SSSR count). The van der Waals surface area contributed by atoms with Gasteiger partial charge in [-0.15, -0.1) is 6.58 Å². The van der Waals surface area contributed by atoms with Crippen molar-refractivity contribution < 1.29 is 0 Å². The Balaban J connectivity index is 1.57. The van der Waals surface area contributed by atoms with E-state index in [4.69, 9.17) is 0 Å². The normalized spacial score (nSPS) is 16.5. The lowest BCUT2D eigenvalue weighted by molar-refractivity contribution is 0.815. The number of allylic oxidation sites excluding steroid dienone is 1. The van der Waals surface area contributed by atoms with Crippen LogP contribution in [0.2, 0.25) is 0 Å². The monoisotopic (exact) mass is 502 g/mol. The minimum atomic E-state index is 0.156.